The van der Waals surface area contributed by atoms with Gasteiger partial charge in [0.25, 0.3) is 5.91 Å². The molecule has 1 N–H and O–H groups in total. The van der Waals surface area contributed by atoms with Crippen molar-refractivity contribution in [3.05, 3.63) is 35.4 Å². The number of carbonyl (C=O) groups excluding carboxylic acids is 1. The van der Waals surface area contributed by atoms with E-state index in [0.717, 1.165) is 62.0 Å². The molecule has 4 heteroatoms. The number of amides is 1. The van der Waals surface area contributed by atoms with Crippen LogP contribution in [0.15, 0.2) is 24.3 Å². The van der Waals surface area contributed by atoms with Gasteiger partial charge in [0.1, 0.15) is 0 Å². The van der Waals surface area contributed by atoms with Crippen molar-refractivity contribution < 1.29 is 9.53 Å². The Balaban J connectivity index is 1.73. The van der Waals surface area contributed by atoms with Gasteiger partial charge in [0.2, 0.25) is 0 Å². The fourth-order valence-electron chi connectivity index (χ4n) is 3.60. The molecular formula is C17H24N2O2. The molecule has 2 aliphatic heterocycles. The quantitative estimate of drug-likeness (QED) is 0.923. The first-order valence-corrected chi connectivity index (χ1v) is 7.86. The molecule has 2 heterocycles. The van der Waals surface area contributed by atoms with Crippen molar-refractivity contribution in [3.8, 4) is 0 Å². The molecule has 1 aromatic carbocycles. The number of fused-ring (bicyclic) bond motifs is 1. The molecule has 0 unspecified atom stereocenters. The van der Waals surface area contributed by atoms with Crippen LogP contribution in [0.4, 0.5) is 0 Å². The molecule has 3 rings (SSSR count). The van der Waals surface area contributed by atoms with Crippen LogP contribution in [0.2, 0.25) is 0 Å². The summed E-state index contributed by atoms with van der Waals surface area (Å²) >= 11 is 0. The van der Waals surface area contributed by atoms with E-state index in [4.69, 9.17) is 4.74 Å². The molecule has 2 atom stereocenters. The highest BCUT2D eigenvalue weighted by atomic mass is 16.5. The number of rotatable bonds is 3. The van der Waals surface area contributed by atoms with Crippen molar-refractivity contribution in [1.82, 2.24) is 10.2 Å². The summed E-state index contributed by atoms with van der Waals surface area (Å²) in [4.78, 5) is 14.9. The van der Waals surface area contributed by atoms with E-state index in [-0.39, 0.29) is 5.91 Å². The van der Waals surface area contributed by atoms with E-state index in [0.29, 0.717) is 6.61 Å². The third-order valence-corrected chi connectivity index (χ3v) is 4.85. The third kappa shape index (κ3) is 3.11. The number of methoxy groups -OCH3 is 1. The molecule has 0 aromatic heterocycles. The summed E-state index contributed by atoms with van der Waals surface area (Å²) < 4.78 is 5.21. The van der Waals surface area contributed by atoms with Crippen LogP contribution in [0, 0.1) is 11.8 Å². The predicted octanol–water partition coefficient (Wildman–Crippen LogP) is 1.90. The number of ether oxygens (including phenoxy) is 1. The van der Waals surface area contributed by atoms with Gasteiger partial charge >= 0.3 is 0 Å². The van der Waals surface area contributed by atoms with Gasteiger partial charge < -0.3 is 15.0 Å². The number of carbonyl (C=O) groups is 1. The highest BCUT2D eigenvalue weighted by Crippen LogP contribution is 2.28. The average molecular weight is 288 g/mol. The zero-order chi connectivity index (χ0) is 14.7. The number of likely N-dealkylation sites (tertiary alicyclic amines) is 1. The topological polar surface area (TPSA) is 41.6 Å². The summed E-state index contributed by atoms with van der Waals surface area (Å²) in [5.41, 5.74) is 1.78. The van der Waals surface area contributed by atoms with Crippen molar-refractivity contribution in [3.63, 3.8) is 0 Å². The summed E-state index contributed by atoms with van der Waals surface area (Å²) in [7, 11) is 1.67. The SMILES string of the molecule is COCc1ccccc1C(=O)N1CC[C@@H]2CNC[C@@H]2CC1. The second-order valence-electron chi connectivity index (χ2n) is 6.14. The standard InChI is InChI=1S/C17H24N2O2/c1-21-12-15-4-2-3-5-16(15)17(20)19-8-6-13-10-18-11-14(13)7-9-19/h2-5,13-14,18H,6-12H2,1H3/t13-,14+. The fraction of sp³-hybridized carbons (Fsp3) is 0.588. The van der Waals surface area contributed by atoms with Crippen molar-refractivity contribution in [1.29, 1.82) is 0 Å². The highest BCUT2D eigenvalue weighted by Gasteiger charge is 2.31. The van der Waals surface area contributed by atoms with E-state index in [2.05, 4.69) is 5.32 Å². The molecule has 0 bridgehead atoms. The summed E-state index contributed by atoms with van der Waals surface area (Å²) in [6.07, 6.45) is 2.24. The lowest BCUT2D eigenvalue weighted by molar-refractivity contribution is 0.0753. The van der Waals surface area contributed by atoms with Gasteiger partial charge in [0, 0.05) is 25.8 Å². The van der Waals surface area contributed by atoms with Gasteiger partial charge in [0.15, 0.2) is 0 Å². The minimum Gasteiger partial charge on any atom is -0.380 e. The van der Waals surface area contributed by atoms with E-state index in [1.54, 1.807) is 7.11 Å². The van der Waals surface area contributed by atoms with Gasteiger partial charge in [0.05, 0.1) is 6.61 Å². The lowest BCUT2D eigenvalue weighted by Gasteiger charge is -2.22. The maximum absolute atomic E-state index is 12.8. The Morgan fingerprint density at radius 3 is 2.57 bits per heavy atom. The van der Waals surface area contributed by atoms with Gasteiger partial charge in [-0.05, 0) is 49.4 Å². The Hall–Kier alpha value is -1.39. The van der Waals surface area contributed by atoms with Crippen LogP contribution in [0.5, 0.6) is 0 Å². The maximum atomic E-state index is 12.8. The Labute approximate surface area is 126 Å². The van der Waals surface area contributed by atoms with Gasteiger partial charge in [-0.1, -0.05) is 18.2 Å². The minimum absolute atomic E-state index is 0.163. The molecule has 2 saturated heterocycles. The molecule has 114 valence electrons. The number of nitrogens with zero attached hydrogens (tertiary/aromatic N) is 1. The Morgan fingerprint density at radius 1 is 1.24 bits per heavy atom. The molecule has 4 nitrogen and oxygen atoms in total. The predicted molar refractivity (Wildman–Crippen MR) is 82.1 cm³/mol. The summed E-state index contributed by atoms with van der Waals surface area (Å²) in [5, 5.41) is 3.47. The molecule has 2 fully saturated rings. The first-order chi connectivity index (χ1) is 10.3. The molecular weight excluding hydrogens is 264 g/mol. The fourth-order valence-corrected chi connectivity index (χ4v) is 3.60. The summed E-state index contributed by atoms with van der Waals surface area (Å²) in [5.74, 6) is 1.66. The Bertz CT molecular complexity index is 489. The van der Waals surface area contributed by atoms with E-state index in [1.807, 2.05) is 29.2 Å². The molecule has 2 aliphatic rings. The first-order valence-electron chi connectivity index (χ1n) is 7.86. The molecule has 0 saturated carbocycles. The molecule has 1 amide bonds. The smallest absolute Gasteiger partial charge is 0.254 e. The van der Waals surface area contributed by atoms with Crippen LogP contribution in [-0.2, 0) is 11.3 Å². The van der Waals surface area contributed by atoms with Gasteiger partial charge in [-0.2, -0.15) is 0 Å². The van der Waals surface area contributed by atoms with Gasteiger partial charge in [-0.15, -0.1) is 0 Å². The van der Waals surface area contributed by atoms with Gasteiger partial charge in [-0.3, -0.25) is 4.79 Å². The maximum Gasteiger partial charge on any atom is 0.254 e. The van der Waals surface area contributed by atoms with Crippen LogP contribution in [0.1, 0.15) is 28.8 Å². The molecule has 21 heavy (non-hydrogen) atoms. The number of hydrogen-bond acceptors (Lipinski definition) is 3. The molecule has 0 radical (unpaired) electrons. The number of nitrogens with one attached hydrogen (secondary N) is 1. The van der Waals surface area contributed by atoms with Gasteiger partial charge in [-0.25, -0.2) is 0 Å². The van der Waals surface area contributed by atoms with Crippen LogP contribution >= 0.6 is 0 Å². The van der Waals surface area contributed by atoms with E-state index >= 15 is 0 Å². The molecule has 0 spiro atoms. The lowest BCUT2D eigenvalue weighted by Crippen LogP contribution is -2.33. The normalized spacial score (nSPS) is 25.5. The van der Waals surface area contributed by atoms with Crippen molar-refractivity contribution >= 4 is 5.91 Å². The van der Waals surface area contributed by atoms with E-state index < -0.39 is 0 Å². The number of hydrogen-bond donors (Lipinski definition) is 1. The van der Waals surface area contributed by atoms with Crippen molar-refractivity contribution in [2.45, 2.75) is 19.4 Å². The second-order valence-corrected chi connectivity index (χ2v) is 6.14. The average Bonchev–Trinajstić information content (AvgIpc) is 2.86. The zero-order valence-corrected chi connectivity index (χ0v) is 12.7. The van der Waals surface area contributed by atoms with E-state index in [1.165, 1.54) is 0 Å². The van der Waals surface area contributed by atoms with Crippen LogP contribution in [0.3, 0.4) is 0 Å². The van der Waals surface area contributed by atoms with E-state index in [9.17, 15) is 4.79 Å². The zero-order valence-electron chi connectivity index (χ0n) is 12.7. The Morgan fingerprint density at radius 2 is 1.90 bits per heavy atom. The summed E-state index contributed by atoms with van der Waals surface area (Å²) in [6.45, 7) is 4.48. The van der Waals surface area contributed by atoms with Crippen LogP contribution < -0.4 is 5.32 Å². The van der Waals surface area contributed by atoms with Crippen molar-refractivity contribution in [2.24, 2.45) is 11.8 Å². The lowest BCUT2D eigenvalue weighted by atomic mass is 9.92. The number of benzene rings is 1. The molecule has 0 aliphatic carbocycles. The summed E-state index contributed by atoms with van der Waals surface area (Å²) in [6, 6.07) is 7.80. The van der Waals surface area contributed by atoms with Crippen LogP contribution in [0.25, 0.3) is 0 Å². The van der Waals surface area contributed by atoms with Crippen molar-refractivity contribution in [2.75, 3.05) is 33.3 Å². The minimum atomic E-state index is 0.163. The highest BCUT2D eigenvalue weighted by molar-refractivity contribution is 5.95. The first kappa shape index (κ1) is 14.5. The monoisotopic (exact) mass is 288 g/mol. The third-order valence-electron chi connectivity index (χ3n) is 4.85. The molecule has 1 aromatic rings. The second kappa shape index (κ2) is 6.58. The Kier molecular flexibility index (Phi) is 4.56. The largest absolute Gasteiger partial charge is 0.380 e. The van der Waals surface area contributed by atoms with Crippen LogP contribution in [-0.4, -0.2) is 44.1 Å².